The number of carboxylic acids is 1. The molecule has 0 unspecified atom stereocenters. The molecule has 0 aliphatic carbocycles. The van der Waals surface area contributed by atoms with Crippen LogP contribution >= 0.6 is 0 Å². The third-order valence-corrected chi connectivity index (χ3v) is 2.18. The highest BCUT2D eigenvalue weighted by atomic mass is 16.5. The number of H-pyrrole nitrogens is 1. The Kier molecular flexibility index (Phi) is 2.59. The van der Waals surface area contributed by atoms with Crippen molar-refractivity contribution in [1.82, 2.24) is 9.97 Å². The van der Waals surface area contributed by atoms with E-state index in [1.807, 2.05) is 18.2 Å². The molecule has 2 N–H and O–H groups in total. The molecule has 0 fully saturated rings. The number of imidazole rings is 1. The molecule has 82 valence electrons. The molecule has 0 atom stereocenters. The minimum atomic E-state index is -1.08. The lowest BCUT2D eigenvalue weighted by Crippen LogP contribution is -1.98. The summed E-state index contributed by atoms with van der Waals surface area (Å²) in [6.45, 7) is 0. The van der Waals surface area contributed by atoms with Crippen LogP contribution in [0.4, 0.5) is 0 Å². The Morgan fingerprint density at radius 3 is 2.81 bits per heavy atom. The summed E-state index contributed by atoms with van der Waals surface area (Å²) in [5.41, 5.74) is 1.40. The molecule has 2 aromatic rings. The van der Waals surface area contributed by atoms with Crippen LogP contribution in [0.2, 0.25) is 0 Å². The Labute approximate surface area is 91.7 Å². The zero-order valence-corrected chi connectivity index (χ0v) is 8.60. The van der Waals surface area contributed by atoms with Gasteiger partial charge in [0.25, 0.3) is 0 Å². The van der Waals surface area contributed by atoms with E-state index in [1.165, 1.54) is 6.20 Å². The summed E-state index contributed by atoms with van der Waals surface area (Å²) in [6.07, 6.45) is 1.47. The van der Waals surface area contributed by atoms with Crippen LogP contribution in [-0.4, -0.2) is 28.2 Å². The summed E-state index contributed by atoms with van der Waals surface area (Å²) in [6, 6.07) is 7.32. The predicted molar refractivity (Wildman–Crippen MR) is 57.5 cm³/mol. The van der Waals surface area contributed by atoms with E-state index in [0.717, 1.165) is 5.56 Å². The molecule has 5 heteroatoms. The van der Waals surface area contributed by atoms with Crippen molar-refractivity contribution in [3.63, 3.8) is 0 Å². The molecule has 1 aromatic carbocycles. The second kappa shape index (κ2) is 4.06. The van der Waals surface area contributed by atoms with Gasteiger partial charge < -0.3 is 14.8 Å². The molecule has 0 saturated carbocycles. The van der Waals surface area contributed by atoms with Gasteiger partial charge in [-0.25, -0.2) is 9.78 Å². The van der Waals surface area contributed by atoms with Crippen molar-refractivity contribution < 1.29 is 14.6 Å². The first-order chi connectivity index (χ1) is 7.72. The fourth-order valence-corrected chi connectivity index (χ4v) is 1.43. The molecule has 0 saturated heterocycles. The SMILES string of the molecule is COc1ccccc1-c1cnc(C(=O)O)[nH]1. The number of hydrogen-bond donors (Lipinski definition) is 2. The number of para-hydroxylation sites is 1. The van der Waals surface area contributed by atoms with Crippen molar-refractivity contribution in [3.05, 3.63) is 36.3 Å². The van der Waals surface area contributed by atoms with Crippen LogP contribution in [0.5, 0.6) is 5.75 Å². The fraction of sp³-hybridized carbons (Fsp3) is 0.0909. The Morgan fingerprint density at radius 1 is 1.44 bits per heavy atom. The van der Waals surface area contributed by atoms with Crippen LogP contribution < -0.4 is 4.74 Å². The van der Waals surface area contributed by atoms with Crippen LogP contribution in [0.1, 0.15) is 10.6 Å². The van der Waals surface area contributed by atoms with E-state index >= 15 is 0 Å². The smallest absolute Gasteiger partial charge is 0.371 e. The number of nitrogens with one attached hydrogen (secondary N) is 1. The van der Waals surface area contributed by atoms with Gasteiger partial charge >= 0.3 is 5.97 Å². The minimum Gasteiger partial charge on any atom is -0.496 e. The molecular formula is C11H10N2O3. The highest BCUT2D eigenvalue weighted by Gasteiger charge is 2.11. The summed E-state index contributed by atoms with van der Waals surface area (Å²) in [5, 5.41) is 8.75. The van der Waals surface area contributed by atoms with Crippen molar-refractivity contribution in [3.8, 4) is 17.0 Å². The number of benzene rings is 1. The molecule has 0 amide bonds. The third kappa shape index (κ3) is 1.75. The van der Waals surface area contributed by atoms with E-state index < -0.39 is 5.97 Å². The number of nitrogens with zero attached hydrogens (tertiary/aromatic N) is 1. The molecule has 1 aromatic heterocycles. The van der Waals surface area contributed by atoms with Crippen molar-refractivity contribution >= 4 is 5.97 Å². The Hall–Kier alpha value is -2.30. The predicted octanol–water partition coefficient (Wildman–Crippen LogP) is 1.78. The van der Waals surface area contributed by atoms with E-state index in [-0.39, 0.29) is 5.82 Å². The number of aromatic nitrogens is 2. The maximum Gasteiger partial charge on any atom is 0.371 e. The number of carboxylic acid groups (broad SMARTS) is 1. The van der Waals surface area contributed by atoms with Crippen molar-refractivity contribution in [2.45, 2.75) is 0 Å². The summed E-state index contributed by atoms with van der Waals surface area (Å²) in [4.78, 5) is 17.1. The number of ether oxygens (including phenoxy) is 1. The van der Waals surface area contributed by atoms with Crippen molar-refractivity contribution in [2.75, 3.05) is 7.11 Å². The molecule has 2 rings (SSSR count). The van der Waals surface area contributed by atoms with Crippen LogP contribution in [0.15, 0.2) is 30.5 Å². The Bertz CT molecular complexity index is 519. The van der Waals surface area contributed by atoms with Gasteiger partial charge in [-0.15, -0.1) is 0 Å². The maximum absolute atomic E-state index is 10.7. The topological polar surface area (TPSA) is 75.2 Å². The zero-order valence-electron chi connectivity index (χ0n) is 8.60. The average molecular weight is 218 g/mol. The molecule has 5 nitrogen and oxygen atoms in total. The first kappa shape index (κ1) is 10.2. The Morgan fingerprint density at radius 2 is 2.19 bits per heavy atom. The molecule has 0 aliphatic heterocycles. The van der Waals surface area contributed by atoms with Crippen LogP contribution in [0.25, 0.3) is 11.3 Å². The summed E-state index contributed by atoms with van der Waals surface area (Å²) < 4.78 is 5.17. The minimum absolute atomic E-state index is 0.0825. The first-order valence-electron chi connectivity index (χ1n) is 4.64. The lowest BCUT2D eigenvalue weighted by molar-refractivity contribution is 0.0685. The van der Waals surface area contributed by atoms with Gasteiger partial charge in [-0.3, -0.25) is 0 Å². The van der Waals surface area contributed by atoms with E-state index in [1.54, 1.807) is 13.2 Å². The maximum atomic E-state index is 10.7. The van der Waals surface area contributed by atoms with Gasteiger partial charge in [-0.2, -0.15) is 0 Å². The van der Waals surface area contributed by atoms with Crippen LogP contribution in [0.3, 0.4) is 0 Å². The number of rotatable bonds is 3. The quantitative estimate of drug-likeness (QED) is 0.823. The zero-order chi connectivity index (χ0) is 11.5. The van der Waals surface area contributed by atoms with Gasteiger partial charge in [0, 0.05) is 5.56 Å². The van der Waals surface area contributed by atoms with Gasteiger partial charge in [0.05, 0.1) is 19.0 Å². The van der Waals surface area contributed by atoms with Gasteiger partial charge in [-0.05, 0) is 12.1 Å². The molecule has 0 aliphatic rings. The van der Waals surface area contributed by atoms with Crippen LogP contribution in [-0.2, 0) is 0 Å². The monoisotopic (exact) mass is 218 g/mol. The van der Waals surface area contributed by atoms with Gasteiger partial charge in [-0.1, -0.05) is 12.1 Å². The molecule has 1 heterocycles. The number of carbonyl (C=O) groups is 1. The highest BCUT2D eigenvalue weighted by molar-refractivity contribution is 5.84. The summed E-state index contributed by atoms with van der Waals surface area (Å²) >= 11 is 0. The van der Waals surface area contributed by atoms with Crippen molar-refractivity contribution in [1.29, 1.82) is 0 Å². The lowest BCUT2D eigenvalue weighted by Gasteiger charge is -2.05. The number of aromatic carboxylic acids is 1. The van der Waals surface area contributed by atoms with Gasteiger partial charge in [0.1, 0.15) is 5.75 Å². The second-order valence-corrected chi connectivity index (χ2v) is 3.15. The highest BCUT2D eigenvalue weighted by Crippen LogP contribution is 2.27. The summed E-state index contributed by atoms with van der Waals surface area (Å²) in [7, 11) is 1.56. The standard InChI is InChI=1S/C11H10N2O3/c1-16-9-5-3-2-4-7(9)8-6-12-10(13-8)11(14)15/h2-6H,1H3,(H,12,13)(H,14,15). The average Bonchev–Trinajstić information content (AvgIpc) is 2.78. The molecular weight excluding hydrogens is 208 g/mol. The first-order valence-corrected chi connectivity index (χ1v) is 4.64. The fourth-order valence-electron chi connectivity index (χ4n) is 1.43. The van der Waals surface area contributed by atoms with E-state index in [0.29, 0.717) is 11.4 Å². The third-order valence-electron chi connectivity index (χ3n) is 2.18. The number of aromatic amines is 1. The number of hydrogen-bond acceptors (Lipinski definition) is 3. The van der Waals surface area contributed by atoms with Gasteiger partial charge in [0.2, 0.25) is 5.82 Å². The molecule has 16 heavy (non-hydrogen) atoms. The summed E-state index contributed by atoms with van der Waals surface area (Å²) in [5.74, 6) is -0.495. The molecule has 0 radical (unpaired) electrons. The second-order valence-electron chi connectivity index (χ2n) is 3.15. The van der Waals surface area contributed by atoms with Gasteiger partial charge in [0.15, 0.2) is 0 Å². The normalized spacial score (nSPS) is 10.1. The van der Waals surface area contributed by atoms with E-state index in [2.05, 4.69) is 9.97 Å². The van der Waals surface area contributed by atoms with E-state index in [9.17, 15) is 4.79 Å². The molecule has 0 spiro atoms. The molecule has 0 bridgehead atoms. The van der Waals surface area contributed by atoms with Crippen LogP contribution in [0, 0.1) is 0 Å². The van der Waals surface area contributed by atoms with Crippen molar-refractivity contribution in [2.24, 2.45) is 0 Å². The lowest BCUT2D eigenvalue weighted by atomic mass is 10.1. The largest absolute Gasteiger partial charge is 0.496 e. The number of methoxy groups -OCH3 is 1. The Balaban J connectivity index is 2.46. The van der Waals surface area contributed by atoms with E-state index in [4.69, 9.17) is 9.84 Å².